The summed E-state index contributed by atoms with van der Waals surface area (Å²) in [6.45, 7) is 4.17. The minimum absolute atomic E-state index is 0.139. The molecule has 2 aromatic rings. The van der Waals surface area contributed by atoms with Gasteiger partial charge in [-0.15, -0.1) is 11.3 Å². The van der Waals surface area contributed by atoms with E-state index in [0.29, 0.717) is 18.7 Å². The van der Waals surface area contributed by atoms with Crippen LogP contribution in [0.1, 0.15) is 69.6 Å². The van der Waals surface area contributed by atoms with Crippen molar-refractivity contribution in [2.24, 2.45) is 0 Å². The number of rotatable bonds is 5. The van der Waals surface area contributed by atoms with Gasteiger partial charge in [0, 0.05) is 28.5 Å². The van der Waals surface area contributed by atoms with Gasteiger partial charge in [0.2, 0.25) is 0 Å². The molecule has 0 spiro atoms. The number of hydrogen-bond donors (Lipinski definition) is 1. The van der Waals surface area contributed by atoms with Gasteiger partial charge in [-0.1, -0.05) is 19.4 Å². The predicted octanol–water partition coefficient (Wildman–Crippen LogP) is 4.12. The first-order chi connectivity index (χ1) is 11.2. The lowest BCUT2D eigenvalue weighted by Crippen LogP contribution is -2.18. The van der Waals surface area contributed by atoms with Crippen LogP contribution in [0, 0.1) is 0 Å². The molecule has 1 N–H and O–H groups in total. The standard InChI is InChI=1S/C18H21NO3S/c1-3-6-12-16-13(19-17(12)18(21)22-4-2)9-11(10-14(16)20)15-7-5-8-23-15/h5,7-8,11,19H,3-4,6,9-10H2,1-2H3/t11-/m0/s1. The van der Waals surface area contributed by atoms with Gasteiger partial charge in [-0.2, -0.15) is 0 Å². The van der Waals surface area contributed by atoms with E-state index in [1.54, 1.807) is 18.3 Å². The number of H-pyrrole nitrogens is 1. The van der Waals surface area contributed by atoms with Crippen molar-refractivity contribution < 1.29 is 14.3 Å². The highest BCUT2D eigenvalue weighted by molar-refractivity contribution is 7.10. The zero-order valence-corrected chi connectivity index (χ0v) is 14.3. The highest BCUT2D eigenvalue weighted by Crippen LogP contribution is 2.37. The number of Topliss-reactive ketones (excluding diaryl/α,β-unsaturated/α-hetero) is 1. The van der Waals surface area contributed by atoms with Gasteiger partial charge < -0.3 is 9.72 Å². The molecular formula is C18H21NO3S. The van der Waals surface area contributed by atoms with E-state index in [1.165, 1.54) is 4.88 Å². The summed E-state index contributed by atoms with van der Waals surface area (Å²) in [6, 6.07) is 4.09. The molecule has 0 unspecified atom stereocenters. The van der Waals surface area contributed by atoms with Crippen molar-refractivity contribution in [1.82, 2.24) is 4.98 Å². The van der Waals surface area contributed by atoms with E-state index < -0.39 is 0 Å². The zero-order chi connectivity index (χ0) is 16.4. The van der Waals surface area contributed by atoms with Crippen LogP contribution < -0.4 is 0 Å². The Labute approximate surface area is 139 Å². The normalized spacial score (nSPS) is 17.1. The largest absolute Gasteiger partial charge is 0.461 e. The van der Waals surface area contributed by atoms with Crippen LogP contribution >= 0.6 is 11.3 Å². The summed E-state index contributed by atoms with van der Waals surface area (Å²) in [4.78, 5) is 29.4. The number of fused-ring (bicyclic) bond motifs is 1. The van der Waals surface area contributed by atoms with Crippen molar-refractivity contribution in [3.05, 3.63) is 44.9 Å². The molecule has 0 aromatic carbocycles. The van der Waals surface area contributed by atoms with Gasteiger partial charge >= 0.3 is 5.97 Å². The monoisotopic (exact) mass is 331 g/mol. The Morgan fingerprint density at radius 2 is 2.22 bits per heavy atom. The van der Waals surface area contributed by atoms with E-state index in [9.17, 15) is 9.59 Å². The summed E-state index contributed by atoms with van der Waals surface area (Å²) in [5.41, 5.74) is 2.95. The van der Waals surface area contributed by atoms with Crippen molar-refractivity contribution in [3.8, 4) is 0 Å². The van der Waals surface area contributed by atoms with Gasteiger partial charge in [0.05, 0.1) is 6.61 Å². The van der Waals surface area contributed by atoms with Crippen molar-refractivity contribution >= 4 is 23.1 Å². The Balaban J connectivity index is 2.00. The third-order valence-electron chi connectivity index (χ3n) is 4.27. The number of ketones is 1. The summed E-state index contributed by atoms with van der Waals surface area (Å²) in [5.74, 6) is -0.0103. The van der Waals surface area contributed by atoms with Crippen LogP contribution in [0.3, 0.4) is 0 Å². The Morgan fingerprint density at radius 1 is 1.39 bits per heavy atom. The quantitative estimate of drug-likeness (QED) is 0.839. The SMILES string of the molecule is CCCc1c(C(=O)OCC)[nH]c2c1C(=O)C[C@@H](c1cccs1)C2. The first-order valence-corrected chi connectivity index (χ1v) is 9.01. The molecule has 2 aromatic heterocycles. The molecule has 1 atom stereocenters. The molecule has 2 heterocycles. The molecule has 5 heteroatoms. The molecule has 0 saturated heterocycles. The minimum atomic E-state index is -0.356. The van der Waals surface area contributed by atoms with Crippen molar-refractivity contribution in [2.75, 3.05) is 6.61 Å². The van der Waals surface area contributed by atoms with Crippen LogP contribution in [0.5, 0.6) is 0 Å². The molecule has 3 rings (SSSR count). The maximum atomic E-state index is 12.7. The predicted molar refractivity (Wildman–Crippen MR) is 90.5 cm³/mol. The topological polar surface area (TPSA) is 59.2 Å². The zero-order valence-electron chi connectivity index (χ0n) is 13.5. The van der Waals surface area contributed by atoms with E-state index >= 15 is 0 Å². The third kappa shape index (κ3) is 2.98. The van der Waals surface area contributed by atoms with Gasteiger partial charge in [0.25, 0.3) is 0 Å². The maximum Gasteiger partial charge on any atom is 0.355 e. The number of nitrogens with one attached hydrogen (secondary N) is 1. The van der Waals surface area contributed by atoms with E-state index in [1.807, 2.05) is 11.4 Å². The second kappa shape index (κ2) is 6.71. The van der Waals surface area contributed by atoms with Gasteiger partial charge in [-0.25, -0.2) is 4.79 Å². The van der Waals surface area contributed by atoms with Crippen LogP contribution in [0.15, 0.2) is 17.5 Å². The highest BCUT2D eigenvalue weighted by atomic mass is 32.1. The van der Waals surface area contributed by atoms with Crippen LogP contribution in [-0.4, -0.2) is 23.3 Å². The fourth-order valence-electron chi connectivity index (χ4n) is 3.33. The lowest BCUT2D eigenvalue weighted by atomic mass is 9.84. The average molecular weight is 331 g/mol. The van der Waals surface area contributed by atoms with Crippen molar-refractivity contribution in [3.63, 3.8) is 0 Å². The second-order valence-corrected chi connectivity index (χ2v) is 6.83. The minimum Gasteiger partial charge on any atom is -0.461 e. The Hall–Kier alpha value is -1.88. The molecule has 0 amide bonds. The molecule has 0 radical (unpaired) electrons. The van der Waals surface area contributed by atoms with Gasteiger partial charge in [-0.3, -0.25) is 4.79 Å². The smallest absolute Gasteiger partial charge is 0.355 e. The molecule has 1 aliphatic carbocycles. The fourth-order valence-corrected chi connectivity index (χ4v) is 4.16. The summed E-state index contributed by atoms with van der Waals surface area (Å²) in [5, 5.41) is 2.04. The molecule has 0 aliphatic heterocycles. The number of aromatic nitrogens is 1. The summed E-state index contributed by atoms with van der Waals surface area (Å²) in [6.07, 6.45) is 2.90. The molecule has 4 nitrogen and oxygen atoms in total. The van der Waals surface area contributed by atoms with Gasteiger partial charge in [-0.05, 0) is 36.8 Å². The van der Waals surface area contributed by atoms with Crippen LogP contribution in [0.25, 0.3) is 0 Å². The van der Waals surface area contributed by atoms with E-state index in [0.717, 1.165) is 36.1 Å². The van der Waals surface area contributed by atoms with Crippen molar-refractivity contribution in [2.45, 2.75) is 45.4 Å². The first kappa shape index (κ1) is 16.0. The number of aromatic amines is 1. The van der Waals surface area contributed by atoms with Gasteiger partial charge in [0.15, 0.2) is 5.78 Å². The lowest BCUT2D eigenvalue weighted by molar-refractivity contribution is 0.0518. The number of carbonyl (C=O) groups is 2. The Bertz CT molecular complexity index is 715. The second-order valence-electron chi connectivity index (χ2n) is 5.85. The molecule has 0 fully saturated rings. The van der Waals surface area contributed by atoms with E-state index in [4.69, 9.17) is 4.74 Å². The number of ether oxygens (including phenoxy) is 1. The number of hydrogen-bond acceptors (Lipinski definition) is 4. The maximum absolute atomic E-state index is 12.7. The van der Waals surface area contributed by atoms with Crippen LogP contribution in [-0.2, 0) is 17.6 Å². The van der Waals surface area contributed by atoms with Crippen LogP contribution in [0.4, 0.5) is 0 Å². The molecular weight excluding hydrogens is 310 g/mol. The summed E-state index contributed by atoms with van der Waals surface area (Å²) in [7, 11) is 0. The molecule has 0 bridgehead atoms. The van der Waals surface area contributed by atoms with E-state index in [-0.39, 0.29) is 17.7 Å². The highest BCUT2D eigenvalue weighted by Gasteiger charge is 2.33. The fraction of sp³-hybridized carbons (Fsp3) is 0.444. The molecule has 1 aliphatic rings. The molecule has 23 heavy (non-hydrogen) atoms. The Morgan fingerprint density at radius 3 is 2.87 bits per heavy atom. The Kier molecular flexibility index (Phi) is 4.66. The van der Waals surface area contributed by atoms with Crippen LogP contribution in [0.2, 0.25) is 0 Å². The van der Waals surface area contributed by atoms with E-state index in [2.05, 4.69) is 18.0 Å². The van der Waals surface area contributed by atoms with Gasteiger partial charge in [0.1, 0.15) is 5.69 Å². The number of carbonyl (C=O) groups excluding carboxylic acids is 2. The van der Waals surface area contributed by atoms with Crippen molar-refractivity contribution in [1.29, 1.82) is 0 Å². The first-order valence-electron chi connectivity index (χ1n) is 8.13. The average Bonchev–Trinajstić information content (AvgIpc) is 3.16. The number of esters is 1. The molecule has 0 saturated carbocycles. The summed E-state index contributed by atoms with van der Waals surface area (Å²) >= 11 is 1.68. The molecule has 122 valence electrons. The third-order valence-corrected chi connectivity index (χ3v) is 5.30. The lowest BCUT2D eigenvalue weighted by Gasteiger charge is -2.20. The summed E-state index contributed by atoms with van der Waals surface area (Å²) < 4.78 is 5.15. The number of thiophene rings is 1.